The average molecular weight is 499 g/mol. The third-order valence-electron chi connectivity index (χ3n) is 5.15. The summed E-state index contributed by atoms with van der Waals surface area (Å²) in [5, 5.41) is 1.25. The van der Waals surface area contributed by atoms with Gasteiger partial charge in [0.1, 0.15) is 23.7 Å². The van der Waals surface area contributed by atoms with Gasteiger partial charge in [-0.15, -0.1) is 0 Å². The van der Waals surface area contributed by atoms with Crippen LogP contribution in [0.2, 0.25) is 10.0 Å². The Kier molecular flexibility index (Phi) is 7.10. The third-order valence-corrected chi connectivity index (χ3v) is 5.86. The van der Waals surface area contributed by atoms with E-state index < -0.39 is 5.97 Å². The van der Waals surface area contributed by atoms with Crippen molar-refractivity contribution in [2.45, 2.75) is 13.5 Å². The van der Waals surface area contributed by atoms with Gasteiger partial charge in [0.15, 0.2) is 0 Å². The molecule has 1 heterocycles. The van der Waals surface area contributed by atoms with Gasteiger partial charge in [-0.3, -0.25) is 4.79 Å². The van der Waals surface area contributed by atoms with Crippen LogP contribution in [-0.4, -0.2) is 19.7 Å². The van der Waals surface area contributed by atoms with E-state index in [1.54, 1.807) is 74.7 Å². The first-order valence-electron chi connectivity index (χ1n) is 10.4. The summed E-state index contributed by atoms with van der Waals surface area (Å²) >= 11 is 12.4. The molecule has 174 valence electrons. The largest absolute Gasteiger partial charge is 0.497 e. The Hall–Kier alpha value is -3.48. The fourth-order valence-corrected chi connectivity index (χ4v) is 3.96. The quantitative estimate of drug-likeness (QED) is 0.269. The van der Waals surface area contributed by atoms with Gasteiger partial charge in [0.25, 0.3) is 0 Å². The zero-order valence-electron chi connectivity index (χ0n) is 18.4. The summed E-state index contributed by atoms with van der Waals surface area (Å²) in [4.78, 5) is 26.1. The second kappa shape index (κ2) is 10.2. The van der Waals surface area contributed by atoms with E-state index in [0.717, 1.165) is 0 Å². The van der Waals surface area contributed by atoms with Gasteiger partial charge in [-0.2, -0.15) is 0 Å². The van der Waals surface area contributed by atoms with Gasteiger partial charge < -0.3 is 18.6 Å². The molecular formula is C26H20Cl2O6. The highest BCUT2D eigenvalue weighted by molar-refractivity contribution is 6.35. The van der Waals surface area contributed by atoms with Crippen molar-refractivity contribution in [2.75, 3.05) is 13.7 Å². The normalized spacial score (nSPS) is 10.8. The van der Waals surface area contributed by atoms with Crippen LogP contribution in [0.4, 0.5) is 0 Å². The van der Waals surface area contributed by atoms with Gasteiger partial charge in [-0.1, -0.05) is 41.4 Å². The molecule has 0 aliphatic carbocycles. The van der Waals surface area contributed by atoms with Gasteiger partial charge in [0.2, 0.25) is 11.2 Å². The highest BCUT2D eigenvalue weighted by Gasteiger charge is 2.23. The number of carbonyl (C=O) groups excluding carboxylic acids is 1. The molecule has 0 saturated carbocycles. The molecule has 0 saturated heterocycles. The molecule has 0 radical (unpaired) electrons. The molecule has 3 aromatic carbocycles. The summed E-state index contributed by atoms with van der Waals surface area (Å²) in [7, 11) is 1.54. The first-order chi connectivity index (χ1) is 16.4. The number of halogens is 2. The number of ether oxygens (including phenoxy) is 3. The minimum Gasteiger partial charge on any atom is -0.497 e. The molecule has 0 amide bonds. The summed E-state index contributed by atoms with van der Waals surface area (Å²) in [6.45, 7) is 1.92. The maximum atomic E-state index is 13.4. The Balaban J connectivity index is 1.78. The van der Waals surface area contributed by atoms with E-state index in [2.05, 4.69) is 0 Å². The summed E-state index contributed by atoms with van der Waals surface area (Å²) < 4.78 is 22.1. The van der Waals surface area contributed by atoms with Crippen molar-refractivity contribution in [1.29, 1.82) is 0 Å². The second-order valence-electron chi connectivity index (χ2n) is 7.23. The number of hydrogen-bond acceptors (Lipinski definition) is 6. The molecule has 0 unspecified atom stereocenters. The van der Waals surface area contributed by atoms with Crippen molar-refractivity contribution in [1.82, 2.24) is 0 Å². The van der Waals surface area contributed by atoms with Crippen LogP contribution in [0.3, 0.4) is 0 Å². The van der Waals surface area contributed by atoms with E-state index in [9.17, 15) is 9.59 Å². The molecule has 4 aromatic rings. The van der Waals surface area contributed by atoms with E-state index in [1.165, 1.54) is 0 Å². The van der Waals surface area contributed by atoms with Gasteiger partial charge in [-0.25, -0.2) is 4.79 Å². The first kappa shape index (κ1) is 23.7. The molecule has 34 heavy (non-hydrogen) atoms. The van der Waals surface area contributed by atoms with Crippen LogP contribution < -0.4 is 14.9 Å². The number of methoxy groups -OCH3 is 1. The molecule has 4 rings (SSSR count). The number of hydrogen-bond donors (Lipinski definition) is 0. The molecular weight excluding hydrogens is 479 g/mol. The SMILES string of the molecule is CCOC(=O)c1oc2cc(OCc3c(Cl)cccc3Cl)ccc2c(=O)c1-c1ccc(OC)cc1. The number of fused-ring (bicyclic) bond motifs is 1. The Morgan fingerprint density at radius 2 is 1.65 bits per heavy atom. The lowest BCUT2D eigenvalue weighted by Gasteiger charge is -2.12. The first-order valence-corrected chi connectivity index (χ1v) is 11.2. The van der Waals surface area contributed by atoms with Crippen molar-refractivity contribution in [3.05, 3.63) is 92.3 Å². The van der Waals surface area contributed by atoms with Crippen LogP contribution in [0.1, 0.15) is 23.0 Å². The molecule has 0 aliphatic heterocycles. The van der Waals surface area contributed by atoms with Crippen molar-refractivity contribution in [2.24, 2.45) is 0 Å². The van der Waals surface area contributed by atoms with Crippen LogP contribution in [-0.2, 0) is 11.3 Å². The zero-order valence-corrected chi connectivity index (χ0v) is 19.9. The standard InChI is InChI=1S/C26H20Cl2O6/c1-3-32-26(30)25-23(15-7-9-16(31-2)10-8-15)24(29)18-12-11-17(13-22(18)34-25)33-14-19-20(27)5-4-6-21(19)28/h4-13H,3,14H2,1-2H3. The molecule has 6 nitrogen and oxygen atoms in total. The molecule has 0 N–H and O–H groups in total. The Morgan fingerprint density at radius 3 is 2.29 bits per heavy atom. The maximum absolute atomic E-state index is 13.4. The summed E-state index contributed by atoms with van der Waals surface area (Å²) in [5.74, 6) is 0.114. The summed E-state index contributed by atoms with van der Waals surface area (Å²) in [6, 6.07) is 16.7. The lowest BCUT2D eigenvalue weighted by molar-refractivity contribution is 0.0492. The minimum absolute atomic E-state index is 0.114. The monoisotopic (exact) mass is 498 g/mol. The van der Waals surface area contributed by atoms with Crippen LogP contribution in [0, 0.1) is 0 Å². The van der Waals surface area contributed by atoms with Crippen LogP contribution in [0.5, 0.6) is 11.5 Å². The fraction of sp³-hybridized carbons (Fsp3) is 0.154. The highest BCUT2D eigenvalue weighted by Crippen LogP contribution is 2.30. The molecule has 1 aromatic heterocycles. The van der Waals surface area contributed by atoms with Gasteiger partial charge in [0, 0.05) is 21.7 Å². The fourth-order valence-electron chi connectivity index (χ4n) is 3.45. The van der Waals surface area contributed by atoms with Crippen molar-refractivity contribution in [3.8, 4) is 22.6 Å². The highest BCUT2D eigenvalue weighted by atomic mass is 35.5. The number of esters is 1. The van der Waals surface area contributed by atoms with E-state index in [4.69, 9.17) is 41.8 Å². The Morgan fingerprint density at radius 1 is 0.971 bits per heavy atom. The molecule has 0 aliphatic rings. The van der Waals surface area contributed by atoms with E-state index in [1.807, 2.05) is 0 Å². The van der Waals surface area contributed by atoms with E-state index in [-0.39, 0.29) is 35.5 Å². The lowest BCUT2D eigenvalue weighted by Crippen LogP contribution is -2.15. The van der Waals surface area contributed by atoms with Crippen molar-refractivity contribution >= 4 is 40.1 Å². The minimum atomic E-state index is -0.735. The summed E-state index contributed by atoms with van der Waals surface area (Å²) in [6.07, 6.45) is 0. The average Bonchev–Trinajstić information content (AvgIpc) is 2.84. The van der Waals surface area contributed by atoms with Crippen LogP contribution in [0.15, 0.2) is 69.9 Å². The second-order valence-corrected chi connectivity index (χ2v) is 8.05. The molecule has 0 fully saturated rings. The van der Waals surface area contributed by atoms with E-state index in [0.29, 0.717) is 38.1 Å². The third kappa shape index (κ3) is 4.74. The number of rotatable bonds is 7. The molecule has 0 bridgehead atoms. The van der Waals surface area contributed by atoms with Crippen LogP contribution >= 0.6 is 23.2 Å². The van der Waals surface area contributed by atoms with Crippen molar-refractivity contribution < 1.29 is 23.4 Å². The molecule has 8 heteroatoms. The number of carbonyl (C=O) groups is 1. The van der Waals surface area contributed by atoms with Crippen molar-refractivity contribution in [3.63, 3.8) is 0 Å². The molecule has 0 spiro atoms. The number of benzene rings is 3. The smallest absolute Gasteiger partial charge is 0.375 e. The van der Waals surface area contributed by atoms with Gasteiger partial charge >= 0.3 is 5.97 Å². The van der Waals surface area contributed by atoms with Crippen LogP contribution in [0.25, 0.3) is 22.1 Å². The Labute approximate surface area is 205 Å². The van der Waals surface area contributed by atoms with Gasteiger partial charge in [0.05, 0.1) is 24.7 Å². The lowest BCUT2D eigenvalue weighted by atomic mass is 10.0. The molecule has 0 atom stereocenters. The summed E-state index contributed by atoms with van der Waals surface area (Å²) in [5.41, 5.74) is 1.08. The predicted molar refractivity (Wildman–Crippen MR) is 131 cm³/mol. The predicted octanol–water partition coefficient (Wildman–Crippen LogP) is 6.53. The maximum Gasteiger partial charge on any atom is 0.375 e. The van der Waals surface area contributed by atoms with Gasteiger partial charge in [-0.05, 0) is 48.9 Å². The van der Waals surface area contributed by atoms with E-state index >= 15 is 0 Å². The topological polar surface area (TPSA) is 75.0 Å². The Bertz CT molecular complexity index is 1390. The zero-order chi connectivity index (χ0) is 24.2.